The van der Waals surface area contributed by atoms with Crippen molar-refractivity contribution >= 4 is 17.9 Å². The monoisotopic (exact) mass is 302 g/mol. The van der Waals surface area contributed by atoms with E-state index in [0.29, 0.717) is 12.1 Å². The number of nitrogens with one attached hydrogen (secondary N) is 1. The van der Waals surface area contributed by atoms with Crippen molar-refractivity contribution in [2.45, 2.75) is 19.1 Å². The van der Waals surface area contributed by atoms with E-state index in [9.17, 15) is 14.7 Å². The van der Waals surface area contributed by atoms with Crippen LogP contribution in [0.3, 0.4) is 0 Å². The van der Waals surface area contributed by atoms with E-state index >= 15 is 0 Å². The predicted molar refractivity (Wildman–Crippen MR) is 80.1 cm³/mol. The number of nitrogens with zero attached hydrogens (tertiary/aromatic N) is 1. The van der Waals surface area contributed by atoms with Gasteiger partial charge in [-0.1, -0.05) is 18.2 Å². The van der Waals surface area contributed by atoms with Crippen LogP contribution in [0.15, 0.2) is 29.8 Å². The molecule has 0 bridgehead atoms. The van der Waals surface area contributed by atoms with E-state index in [0.717, 1.165) is 11.3 Å². The number of likely N-dealkylation sites (tertiary alicyclic amines) is 1. The van der Waals surface area contributed by atoms with Crippen LogP contribution >= 0.6 is 0 Å². The first kappa shape index (κ1) is 14.6. The van der Waals surface area contributed by atoms with Gasteiger partial charge in [0.15, 0.2) is 0 Å². The largest absolute Gasteiger partial charge is 0.488 e. The highest BCUT2D eigenvalue weighted by Crippen LogP contribution is 2.27. The highest BCUT2D eigenvalue weighted by molar-refractivity contribution is 5.99. The number of β-amino-alcohol motifs (C(OH)–C–C–N with tert-alkyl or cyclic N) is 1. The van der Waals surface area contributed by atoms with E-state index in [2.05, 4.69) is 5.32 Å². The highest BCUT2D eigenvalue weighted by atomic mass is 16.5. The zero-order valence-electron chi connectivity index (χ0n) is 12.3. The third kappa shape index (κ3) is 2.82. The van der Waals surface area contributed by atoms with Crippen LogP contribution in [0.1, 0.15) is 12.5 Å². The fraction of sp³-hybridized carbons (Fsp3) is 0.375. The molecule has 6 nitrogen and oxygen atoms in total. The number of para-hydroxylation sites is 1. The fourth-order valence-electron chi connectivity index (χ4n) is 2.80. The molecule has 0 aromatic heterocycles. The van der Waals surface area contributed by atoms with Gasteiger partial charge in [0, 0.05) is 25.6 Å². The molecule has 3 rings (SSSR count). The summed E-state index contributed by atoms with van der Waals surface area (Å²) in [6.45, 7) is 2.13. The summed E-state index contributed by atoms with van der Waals surface area (Å²) in [7, 11) is 0. The summed E-state index contributed by atoms with van der Waals surface area (Å²) in [5, 5.41) is 12.6. The summed E-state index contributed by atoms with van der Waals surface area (Å²) in [5.41, 5.74) is 1.42. The summed E-state index contributed by atoms with van der Waals surface area (Å²) in [6, 6.07) is 7.10. The zero-order valence-corrected chi connectivity index (χ0v) is 12.3. The van der Waals surface area contributed by atoms with Gasteiger partial charge in [0.2, 0.25) is 5.91 Å². The number of hydrogen-bond donors (Lipinski definition) is 2. The van der Waals surface area contributed by atoms with Crippen molar-refractivity contribution in [2.24, 2.45) is 0 Å². The maximum atomic E-state index is 12.5. The minimum absolute atomic E-state index is 0.165. The molecule has 0 aliphatic carbocycles. The molecule has 6 heteroatoms. The van der Waals surface area contributed by atoms with Gasteiger partial charge in [-0.05, 0) is 12.1 Å². The Morgan fingerprint density at radius 3 is 2.86 bits per heavy atom. The first-order valence-corrected chi connectivity index (χ1v) is 7.21. The minimum Gasteiger partial charge on any atom is -0.488 e. The van der Waals surface area contributed by atoms with E-state index in [-0.39, 0.29) is 25.0 Å². The molecule has 0 spiro atoms. The Balaban J connectivity index is 1.73. The number of ether oxygens (including phenoxy) is 1. The minimum atomic E-state index is -0.745. The van der Waals surface area contributed by atoms with Gasteiger partial charge in [-0.3, -0.25) is 9.59 Å². The van der Waals surface area contributed by atoms with Gasteiger partial charge < -0.3 is 20.1 Å². The third-order valence-electron chi connectivity index (χ3n) is 3.87. The van der Waals surface area contributed by atoms with Crippen LogP contribution in [0.4, 0.5) is 0 Å². The van der Waals surface area contributed by atoms with E-state index in [1.165, 1.54) is 6.92 Å². The summed E-state index contributed by atoms with van der Waals surface area (Å²) in [5.74, 6) is 0.380. The second-order valence-electron chi connectivity index (χ2n) is 5.58. The number of amides is 2. The third-order valence-corrected chi connectivity index (χ3v) is 3.87. The Morgan fingerprint density at radius 1 is 1.32 bits per heavy atom. The average molecular weight is 302 g/mol. The zero-order chi connectivity index (χ0) is 15.7. The standard InChI is InChI=1S/C16H18N2O4/c1-10(19)17-13-7-18(8-14(13)20)16(21)12-6-11-4-2-3-5-15(11)22-9-12/h2-6,13-14,20H,7-9H2,1H3,(H,17,19)/t13-,14-/m1/s1. The Labute approximate surface area is 128 Å². The lowest BCUT2D eigenvalue weighted by atomic mass is 10.1. The van der Waals surface area contributed by atoms with Crippen LogP contribution in [-0.2, 0) is 9.59 Å². The Bertz CT molecular complexity index is 641. The Hall–Kier alpha value is -2.34. The maximum Gasteiger partial charge on any atom is 0.253 e. The molecular weight excluding hydrogens is 284 g/mol. The number of carbonyl (C=O) groups is 2. The van der Waals surface area contributed by atoms with Crippen molar-refractivity contribution in [2.75, 3.05) is 19.7 Å². The number of rotatable bonds is 2. The lowest BCUT2D eigenvalue weighted by Crippen LogP contribution is -2.42. The lowest BCUT2D eigenvalue weighted by molar-refractivity contribution is -0.127. The van der Waals surface area contributed by atoms with Crippen LogP contribution in [-0.4, -0.2) is 53.7 Å². The van der Waals surface area contributed by atoms with Crippen molar-refractivity contribution in [3.63, 3.8) is 0 Å². The van der Waals surface area contributed by atoms with Gasteiger partial charge in [-0.2, -0.15) is 0 Å². The van der Waals surface area contributed by atoms with Gasteiger partial charge in [0.1, 0.15) is 12.4 Å². The van der Waals surface area contributed by atoms with Crippen LogP contribution in [0.25, 0.3) is 6.08 Å². The molecule has 0 unspecified atom stereocenters. The van der Waals surface area contributed by atoms with E-state index in [4.69, 9.17) is 4.74 Å². The average Bonchev–Trinajstić information content (AvgIpc) is 2.86. The van der Waals surface area contributed by atoms with Crippen molar-refractivity contribution < 1.29 is 19.4 Å². The molecule has 2 amide bonds. The summed E-state index contributed by atoms with van der Waals surface area (Å²) in [6.07, 6.45) is 1.07. The number of aliphatic hydroxyl groups excluding tert-OH is 1. The maximum absolute atomic E-state index is 12.5. The normalized spacial score (nSPS) is 23.4. The number of aliphatic hydroxyl groups is 1. The molecule has 1 aromatic carbocycles. The van der Waals surface area contributed by atoms with Crippen LogP contribution < -0.4 is 10.1 Å². The lowest BCUT2D eigenvalue weighted by Gasteiger charge is -2.22. The molecular formula is C16H18N2O4. The van der Waals surface area contributed by atoms with E-state index < -0.39 is 12.1 Å². The van der Waals surface area contributed by atoms with Crippen molar-refractivity contribution in [3.05, 3.63) is 35.4 Å². The van der Waals surface area contributed by atoms with Crippen molar-refractivity contribution in [1.29, 1.82) is 0 Å². The topological polar surface area (TPSA) is 78.9 Å². The number of fused-ring (bicyclic) bond motifs is 1. The second-order valence-corrected chi connectivity index (χ2v) is 5.58. The SMILES string of the molecule is CC(=O)N[C@@H]1CN(C(=O)C2=Cc3ccccc3OC2)C[C@H]1O. The second kappa shape index (κ2) is 5.81. The molecule has 116 valence electrons. The Morgan fingerprint density at radius 2 is 2.09 bits per heavy atom. The van der Waals surface area contributed by atoms with Crippen LogP contribution in [0.5, 0.6) is 5.75 Å². The van der Waals surface area contributed by atoms with E-state index in [1.807, 2.05) is 30.3 Å². The van der Waals surface area contributed by atoms with Gasteiger partial charge in [0.05, 0.1) is 17.7 Å². The van der Waals surface area contributed by atoms with Crippen LogP contribution in [0, 0.1) is 0 Å². The molecule has 2 atom stereocenters. The smallest absolute Gasteiger partial charge is 0.253 e. The molecule has 2 N–H and O–H groups in total. The number of benzene rings is 1. The fourth-order valence-corrected chi connectivity index (χ4v) is 2.80. The molecule has 0 radical (unpaired) electrons. The molecule has 2 aliphatic heterocycles. The predicted octanol–water partition coefficient (Wildman–Crippen LogP) is 0.170. The van der Waals surface area contributed by atoms with Gasteiger partial charge >= 0.3 is 0 Å². The van der Waals surface area contributed by atoms with E-state index in [1.54, 1.807) is 4.90 Å². The Kier molecular flexibility index (Phi) is 3.85. The number of carbonyl (C=O) groups excluding carboxylic acids is 2. The van der Waals surface area contributed by atoms with Crippen molar-refractivity contribution in [1.82, 2.24) is 10.2 Å². The highest BCUT2D eigenvalue weighted by Gasteiger charge is 2.36. The molecule has 1 fully saturated rings. The molecule has 1 saturated heterocycles. The van der Waals surface area contributed by atoms with Crippen LogP contribution in [0.2, 0.25) is 0 Å². The molecule has 22 heavy (non-hydrogen) atoms. The summed E-state index contributed by atoms with van der Waals surface area (Å²) in [4.78, 5) is 25.2. The summed E-state index contributed by atoms with van der Waals surface area (Å²) >= 11 is 0. The van der Waals surface area contributed by atoms with Crippen molar-refractivity contribution in [3.8, 4) is 5.75 Å². The molecule has 2 aliphatic rings. The quantitative estimate of drug-likeness (QED) is 0.816. The molecule has 2 heterocycles. The van der Waals surface area contributed by atoms with Gasteiger partial charge in [0.25, 0.3) is 5.91 Å². The first-order valence-electron chi connectivity index (χ1n) is 7.21. The molecule has 1 aromatic rings. The summed E-state index contributed by atoms with van der Waals surface area (Å²) < 4.78 is 5.59. The van der Waals surface area contributed by atoms with Gasteiger partial charge in [-0.25, -0.2) is 0 Å². The first-order chi connectivity index (χ1) is 10.5. The number of hydrogen-bond acceptors (Lipinski definition) is 4. The molecule has 0 saturated carbocycles. The van der Waals surface area contributed by atoms with Gasteiger partial charge in [-0.15, -0.1) is 0 Å².